The summed E-state index contributed by atoms with van der Waals surface area (Å²) in [7, 11) is 0. The molecule has 0 saturated heterocycles. The first-order valence-electron chi connectivity index (χ1n) is 13.9. The molecule has 0 spiro atoms. The van der Waals surface area contributed by atoms with E-state index in [4.69, 9.17) is 0 Å². The predicted molar refractivity (Wildman–Crippen MR) is 180 cm³/mol. The molecule has 0 bridgehead atoms. The molecule has 3 aromatic heterocycles. The topological polar surface area (TPSA) is 4.93 Å². The molecular weight excluding hydrogens is 535 g/mol. The van der Waals surface area contributed by atoms with Crippen LogP contribution >= 0.6 is 22.7 Å². The van der Waals surface area contributed by atoms with E-state index in [0.717, 1.165) is 0 Å². The van der Waals surface area contributed by atoms with Crippen molar-refractivity contribution in [1.29, 1.82) is 0 Å². The van der Waals surface area contributed by atoms with Crippen molar-refractivity contribution in [1.82, 2.24) is 4.57 Å². The summed E-state index contributed by atoms with van der Waals surface area (Å²) in [6, 6.07) is 50.9. The van der Waals surface area contributed by atoms with E-state index in [1.54, 1.807) is 0 Å². The molecule has 9 aromatic rings. The minimum absolute atomic E-state index is 1.20. The maximum absolute atomic E-state index is 2.44. The molecule has 0 aliphatic heterocycles. The van der Waals surface area contributed by atoms with Crippen LogP contribution in [0.1, 0.15) is 0 Å². The highest BCUT2D eigenvalue weighted by molar-refractivity contribution is 7.27. The first-order chi connectivity index (χ1) is 20.3. The second-order valence-electron chi connectivity index (χ2n) is 10.5. The lowest BCUT2D eigenvalue weighted by atomic mass is 9.99. The first kappa shape index (κ1) is 23.0. The summed E-state index contributed by atoms with van der Waals surface area (Å²) in [4.78, 5) is 0. The second-order valence-corrected chi connectivity index (χ2v) is 12.6. The first-order valence-corrected chi connectivity index (χ1v) is 15.5. The Bertz CT molecular complexity index is 2410. The highest BCUT2D eigenvalue weighted by atomic mass is 32.1. The molecule has 0 radical (unpaired) electrons. The fraction of sp³-hybridized carbons (Fsp3) is 0. The number of thiophene rings is 2. The number of benzene rings is 6. The van der Waals surface area contributed by atoms with Crippen LogP contribution in [0.25, 0.3) is 79.3 Å². The van der Waals surface area contributed by atoms with Gasteiger partial charge >= 0.3 is 0 Å². The van der Waals surface area contributed by atoms with Crippen LogP contribution in [-0.4, -0.2) is 4.57 Å². The van der Waals surface area contributed by atoms with Crippen LogP contribution in [0.5, 0.6) is 0 Å². The van der Waals surface area contributed by atoms with E-state index in [-0.39, 0.29) is 0 Å². The lowest BCUT2D eigenvalue weighted by Crippen LogP contribution is -1.92. The fourth-order valence-corrected chi connectivity index (χ4v) is 8.95. The molecule has 3 heterocycles. The fourth-order valence-electron chi connectivity index (χ4n) is 6.38. The van der Waals surface area contributed by atoms with E-state index < -0.39 is 0 Å². The van der Waals surface area contributed by atoms with Gasteiger partial charge in [0, 0.05) is 41.3 Å². The second kappa shape index (κ2) is 8.90. The average molecular weight is 558 g/mol. The van der Waals surface area contributed by atoms with Crippen LogP contribution in [-0.2, 0) is 0 Å². The summed E-state index contributed by atoms with van der Waals surface area (Å²) in [6.07, 6.45) is 0. The molecule has 1 nitrogen and oxygen atoms in total. The summed E-state index contributed by atoms with van der Waals surface area (Å²) < 4.78 is 7.82. The van der Waals surface area contributed by atoms with Crippen molar-refractivity contribution in [3.05, 3.63) is 140 Å². The number of hydrogen-bond donors (Lipinski definition) is 0. The molecule has 0 atom stereocenters. The van der Waals surface area contributed by atoms with E-state index in [0.29, 0.717) is 0 Å². The Labute approximate surface area is 245 Å². The smallest absolute Gasteiger partial charge is 0.0727 e. The third-order valence-corrected chi connectivity index (χ3v) is 10.7. The van der Waals surface area contributed by atoms with Crippen LogP contribution < -0.4 is 0 Å². The van der Waals surface area contributed by atoms with E-state index in [9.17, 15) is 0 Å². The molecule has 0 aliphatic rings. The van der Waals surface area contributed by atoms with Crippen molar-refractivity contribution >= 4 is 74.1 Å². The normalized spacial score (nSPS) is 11.9. The zero-order valence-electron chi connectivity index (χ0n) is 22.0. The lowest BCUT2D eigenvalue weighted by molar-refractivity contribution is 1.19. The standard InChI is InChI=1S/C38H23NS2/c1-3-11-24(12-4-1)27-16-9-18-29-30-19-10-17-28(37(30)41-36(27)29)25-21-22-34-32(23-25)35-38(40-34)31-15-7-8-20-33(31)39(35)26-13-5-2-6-14-26/h1-23H. The van der Waals surface area contributed by atoms with Gasteiger partial charge in [0.2, 0.25) is 0 Å². The SMILES string of the molecule is c1ccc(-c2cccc3c2sc2c(-c4ccc5sc6c7ccccc7n(-c7ccccc7)c6c5c4)cccc23)cc1. The number of aromatic nitrogens is 1. The van der Waals surface area contributed by atoms with Gasteiger partial charge in [-0.15, -0.1) is 22.7 Å². The summed E-state index contributed by atoms with van der Waals surface area (Å²) in [5, 5.41) is 5.28. The molecule has 0 unspecified atom stereocenters. The van der Waals surface area contributed by atoms with Crippen LogP contribution in [0.2, 0.25) is 0 Å². The molecule has 9 rings (SSSR count). The van der Waals surface area contributed by atoms with Crippen LogP contribution in [0.15, 0.2) is 140 Å². The third kappa shape index (κ3) is 3.40. The molecule has 0 amide bonds. The molecule has 192 valence electrons. The number of fused-ring (bicyclic) bond motifs is 8. The average Bonchev–Trinajstić information content (AvgIpc) is 3.70. The van der Waals surface area contributed by atoms with Crippen LogP contribution in [0.3, 0.4) is 0 Å². The van der Waals surface area contributed by atoms with Crippen LogP contribution in [0.4, 0.5) is 0 Å². The van der Waals surface area contributed by atoms with Gasteiger partial charge in [0.15, 0.2) is 0 Å². The minimum Gasteiger partial charge on any atom is -0.308 e. The van der Waals surface area contributed by atoms with Gasteiger partial charge in [0.05, 0.1) is 15.7 Å². The van der Waals surface area contributed by atoms with Gasteiger partial charge in [-0.1, -0.05) is 109 Å². The molecule has 0 fully saturated rings. The van der Waals surface area contributed by atoms with Gasteiger partial charge in [-0.3, -0.25) is 0 Å². The van der Waals surface area contributed by atoms with Gasteiger partial charge in [0.1, 0.15) is 0 Å². The molecule has 0 saturated carbocycles. The highest BCUT2D eigenvalue weighted by Gasteiger charge is 2.19. The Morgan fingerprint density at radius 3 is 1.80 bits per heavy atom. The predicted octanol–water partition coefficient (Wildman–Crippen LogP) is 11.7. The van der Waals surface area contributed by atoms with Crippen molar-refractivity contribution in [3.63, 3.8) is 0 Å². The Morgan fingerprint density at radius 2 is 1.05 bits per heavy atom. The summed E-state index contributed by atoms with van der Waals surface area (Å²) >= 11 is 3.82. The van der Waals surface area contributed by atoms with E-state index in [1.165, 1.54) is 79.3 Å². The molecular formula is C38H23NS2. The maximum Gasteiger partial charge on any atom is 0.0727 e. The van der Waals surface area contributed by atoms with E-state index in [1.807, 2.05) is 22.7 Å². The number of nitrogens with zero attached hydrogens (tertiary/aromatic N) is 1. The van der Waals surface area contributed by atoms with Crippen molar-refractivity contribution in [2.24, 2.45) is 0 Å². The zero-order valence-corrected chi connectivity index (χ0v) is 23.7. The van der Waals surface area contributed by atoms with Crippen molar-refractivity contribution in [3.8, 4) is 27.9 Å². The van der Waals surface area contributed by atoms with Gasteiger partial charge in [-0.2, -0.15) is 0 Å². The van der Waals surface area contributed by atoms with Crippen LogP contribution in [0, 0.1) is 0 Å². The monoisotopic (exact) mass is 557 g/mol. The van der Waals surface area contributed by atoms with Gasteiger partial charge in [-0.05, 0) is 52.6 Å². The Balaban J connectivity index is 1.32. The molecule has 0 N–H and O–H groups in total. The number of rotatable bonds is 3. The Morgan fingerprint density at radius 1 is 0.415 bits per heavy atom. The van der Waals surface area contributed by atoms with E-state index >= 15 is 0 Å². The largest absolute Gasteiger partial charge is 0.308 e. The molecule has 0 aliphatic carbocycles. The molecule has 41 heavy (non-hydrogen) atoms. The van der Waals surface area contributed by atoms with E-state index in [2.05, 4.69) is 144 Å². The van der Waals surface area contributed by atoms with Gasteiger partial charge in [-0.25, -0.2) is 0 Å². The van der Waals surface area contributed by atoms with Gasteiger partial charge < -0.3 is 4.57 Å². The zero-order chi connectivity index (χ0) is 26.9. The molecule has 6 aromatic carbocycles. The third-order valence-electron chi connectivity index (χ3n) is 8.21. The number of para-hydroxylation sites is 2. The quantitative estimate of drug-likeness (QED) is 0.204. The lowest BCUT2D eigenvalue weighted by Gasteiger charge is -2.09. The number of hydrogen-bond acceptors (Lipinski definition) is 2. The van der Waals surface area contributed by atoms with Crippen molar-refractivity contribution in [2.75, 3.05) is 0 Å². The van der Waals surface area contributed by atoms with Crippen molar-refractivity contribution < 1.29 is 0 Å². The molecule has 3 heteroatoms. The summed E-state index contributed by atoms with van der Waals surface area (Å²) in [5.74, 6) is 0. The summed E-state index contributed by atoms with van der Waals surface area (Å²) in [5.41, 5.74) is 8.89. The minimum atomic E-state index is 1.20. The highest BCUT2D eigenvalue weighted by Crippen LogP contribution is 2.46. The Hall–Kier alpha value is -4.70. The summed E-state index contributed by atoms with van der Waals surface area (Å²) in [6.45, 7) is 0. The van der Waals surface area contributed by atoms with Crippen molar-refractivity contribution in [2.45, 2.75) is 0 Å². The maximum atomic E-state index is 2.44. The Kier molecular flexibility index (Phi) is 5.00. The van der Waals surface area contributed by atoms with Gasteiger partial charge in [0.25, 0.3) is 0 Å².